The normalized spacial score (nSPS) is 10.6. The predicted molar refractivity (Wildman–Crippen MR) is 56.1 cm³/mol. The number of pyridine rings is 1. The summed E-state index contributed by atoms with van der Waals surface area (Å²) in [6, 6.07) is 10.1. The van der Waals surface area contributed by atoms with Gasteiger partial charge >= 0.3 is 0 Å². The van der Waals surface area contributed by atoms with Crippen LogP contribution in [0.4, 0.5) is 0 Å². The highest BCUT2D eigenvalue weighted by molar-refractivity contribution is 6.34. The van der Waals surface area contributed by atoms with Crippen LogP contribution in [0.15, 0.2) is 30.3 Å². The highest BCUT2D eigenvalue weighted by Gasteiger charge is 2.01. The molecule has 0 saturated heterocycles. The summed E-state index contributed by atoms with van der Waals surface area (Å²) in [5, 5.41) is 2.80. The molecule has 1 aromatic carbocycles. The molecule has 2 aromatic rings. The van der Waals surface area contributed by atoms with E-state index in [1.54, 1.807) is 0 Å². The first kappa shape index (κ1) is 8.52. The Labute approximate surface area is 82.4 Å². The van der Waals surface area contributed by atoms with E-state index in [0.29, 0.717) is 5.15 Å². The molecule has 0 aliphatic rings. The van der Waals surface area contributed by atoms with Gasteiger partial charge < -0.3 is 0 Å². The molecule has 2 rings (SSSR count). The standard InChI is InChI=1S/C11H10ClN/c1-2-9-7-8-5-3-4-6-10(8)11(12)13-9/h3-7H,2H2,1H3. The average molecular weight is 192 g/mol. The van der Waals surface area contributed by atoms with E-state index in [4.69, 9.17) is 11.6 Å². The van der Waals surface area contributed by atoms with Crippen molar-refractivity contribution in [2.75, 3.05) is 0 Å². The van der Waals surface area contributed by atoms with Gasteiger partial charge in [-0.1, -0.05) is 42.8 Å². The van der Waals surface area contributed by atoms with Crippen LogP contribution in [0.25, 0.3) is 10.8 Å². The van der Waals surface area contributed by atoms with E-state index in [2.05, 4.69) is 24.0 Å². The first-order valence-electron chi connectivity index (χ1n) is 4.35. The minimum atomic E-state index is 0.606. The molecule has 1 nitrogen and oxygen atoms in total. The lowest BCUT2D eigenvalue weighted by molar-refractivity contribution is 1.05. The fraction of sp³-hybridized carbons (Fsp3) is 0.182. The lowest BCUT2D eigenvalue weighted by Gasteiger charge is -2.02. The van der Waals surface area contributed by atoms with Gasteiger partial charge in [0.25, 0.3) is 0 Å². The highest BCUT2D eigenvalue weighted by atomic mass is 35.5. The third-order valence-corrected chi connectivity index (χ3v) is 2.40. The molecule has 0 bridgehead atoms. The third-order valence-electron chi connectivity index (χ3n) is 2.11. The van der Waals surface area contributed by atoms with E-state index in [1.165, 1.54) is 5.39 Å². The minimum absolute atomic E-state index is 0.606. The Balaban J connectivity index is 2.77. The molecule has 0 aliphatic carbocycles. The van der Waals surface area contributed by atoms with E-state index < -0.39 is 0 Å². The number of rotatable bonds is 1. The molecule has 1 aromatic heterocycles. The quantitative estimate of drug-likeness (QED) is 0.630. The smallest absolute Gasteiger partial charge is 0.137 e. The number of aromatic nitrogens is 1. The Bertz CT molecular complexity index is 437. The molecule has 0 amide bonds. The van der Waals surface area contributed by atoms with Crippen LogP contribution in [0.2, 0.25) is 5.15 Å². The van der Waals surface area contributed by atoms with E-state index >= 15 is 0 Å². The molecule has 0 saturated carbocycles. The molecule has 0 aliphatic heterocycles. The maximum Gasteiger partial charge on any atom is 0.137 e. The van der Waals surface area contributed by atoms with Crippen LogP contribution in [-0.2, 0) is 6.42 Å². The third kappa shape index (κ3) is 1.52. The molecule has 1 heterocycles. The number of hydrogen-bond acceptors (Lipinski definition) is 1. The lowest BCUT2D eigenvalue weighted by Crippen LogP contribution is -1.88. The molecule has 66 valence electrons. The lowest BCUT2D eigenvalue weighted by atomic mass is 10.1. The Kier molecular flexibility index (Phi) is 2.19. The second kappa shape index (κ2) is 3.35. The Morgan fingerprint density at radius 1 is 1.31 bits per heavy atom. The van der Waals surface area contributed by atoms with Crippen molar-refractivity contribution in [3.05, 3.63) is 41.2 Å². The summed E-state index contributed by atoms with van der Waals surface area (Å²) in [6.45, 7) is 2.08. The molecule has 0 unspecified atom stereocenters. The second-order valence-corrected chi connectivity index (χ2v) is 3.34. The summed E-state index contributed by atoms with van der Waals surface area (Å²) in [5.74, 6) is 0. The fourth-order valence-electron chi connectivity index (χ4n) is 1.39. The maximum atomic E-state index is 6.03. The van der Waals surface area contributed by atoms with Crippen molar-refractivity contribution < 1.29 is 0 Å². The van der Waals surface area contributed by atoms with Crippen molar-refractivity contribution in [3.63, 3.8) is 0 Å². The van der Waals surface area contributed by atoms with Crippen molar-refractivity contribution in [1.82, 2.24) is 4.98 Å². The largest absolute Gasteiger partial charge is 0.240 e. The molecular weight excluding hydrogens is 182 g/mol. The molecule has 0 atom stereocenters. The van der Waals surface area contributed by atoms with Crippen molar-refractivity contribution >= 4 is 22.4 Å². The van der Waals surface area contributed by atoms with Crippen LogP contribution < -0.4 is 0 Å². The number of aryl methyl sites for hydroxylation is 1. The van der Waals surface area contributed by atoms with Crippen LogP contribution in [-0.4, -0.2) is 4.98 Å². The zero-order chi connectivity index (χ0) is 9.26. The van der Waals surface area contributed by atoms with Crippen molar-refractivity contribution in [3.8, 4) is 0 Å². The molecule has 0 N–H and O–H groups in total. The number of fused-ring (bicyclic) bond motifs is 1. The van der Waals surface area contributed by atoms with E-state index in [0.717, 1.165) is 17.5 Å². The summed E-state index contributed by atoms with van der Waals surface area (Å²) >= 11 is 6.03. The molecule has 13 heavy (non-hydrogen) atoms. The van der Waals surface area contributed by atoms with Crippen molar-refractivity contribution in [2.45, 2.75) is 13.3 Å². The fourth-order valence-corrected chi connectivity index (χ4v) is 1.67. The van der Waals surface area contributed by atoms with Gasteiger partial charge in [0.15, 0.2) is 0 Å². The topological polar surface area (TPSA) is 12.9 Å². The molecule has 0 spiro atoms. The molecule has 2 heteroatoms. The Morgan fingerprint density at radius 2 is 2.08 bits per heavy atom. The van der Waals surface area contributed by atoms with Gasteiger partial charge in [-0.05, 0) is 17.9 Å². The van der Waals surface area contributed by atoms with Crippen molar-refractivity contribution in [1.29, 1.82) is 0 Å². The van der Waals surface area contributed by atoms with Gasteiger partial charge in [0, 0.05) is 11.1 Å². The molecular formula is C11H10ClN. The zero-order valence-electron chi connectivity index (χ0n) is 7.42. The summed E-state index contributed by atoms with van der Waals surface area (Å²) in [5.41, 5.74) is 1.05. The van der Waals surface area contributed by atoms with Crippen molar-refractivity contribution in [2.24, 2.45) is 0 Å². The van der Waals surface area contributed by atoms with E-state index in [9.17, 15) is 0 Å². The second-order valence-electron chi connectivity index (χ2n) is 2.98. The minimum Gasteiger partial charge on any atom is -0.240 e. The first-order chi connectivity index (χ1) is 6.31. The number of nitrogens with zero attached hydrogens (tertiary/aromatic N) is 1. The van der Waals surface area contributed by atoms with E-state index in [1.807, 2.05) is 18.2 Å². The number of halogens is 1. The van der Waals surface area contributed by atoms with Crippen LogP contribution in [0.1, 0.15) is 12.6 Å². The van der Waals surface area contributed by atoms with E-state index in [-0.39, 0.29) is 0 Å². The van der Waals surface area contributed by atoms with Gasteiger partial charge in [-0.2, -0.15) is 0 Å². The van der Waals surface area contributed by atoms with Gasteiger partial charge in [-0.3, -0.25) is 0 Å². The van der Waals surface area contributed by atoms with Gasteiger partial charge in [0.1, 0.15) is 5.15 Å². The van der Waals surface area contributed by atoms with Gasteiger partial charge in [0.2, 0.25) is 0 Å². The van der Waals surface area contributed by atoms with Crippen LogP contribution in [0, 0.1) is 0 Å². The van der Waals surface area contributed by atoms with Gasteiger partial charge in [-0.15, -0.1) is 0 Å². The Morgan fingerprint density at radius 3 is 2.85 bits per heavy atom. The van der Waals surface area contributed by atoms with Crippen LogP contribution >= 0.6 is 11.6 Å². The maximum absolute atomic E-state index is 6.03. The van der Waals surface area contributed by atoms with Crippen LogP contribution in [0.3, 0.4) is 0 Å². The summed E-state index contributed by atoms with van der Waals surface area (Å²) in [7, 11) is 0. The number of benzene rings is 1. The van der Waals surface area contributed by atoms with Gasteiger partial charge in [-0.25, -0.2) is 4.98 Å². The average Bonchev–Trinajstić information content (AvgIpc) is 2.18. The monoisotopic (exact) mass is 191 g/mol. The molecule has 0 radical (unpaired) electrons. The Hall–Kier alpha value is -1.08. The summed E-state index contributed by atoms with van der Waals surface area (Å²) in [6.07, 6.45) is 0.921. The van der Waals surface area contributed by atoms with Crippen LogP contribution in [0.5, 0.6) is 0 Å². The summed E-state index contributed by atoms with van der Waals surface area (Å²) < 4.78 is 0. The first-order valence-corrected chi connectivity index (χ1v) is 4.73. The number of hydrogen-bond donors (Lipinski definition) is 0. The summed E-state index contributed by atoms with van der Waals surface area (Å²) in [4.78, 5) is 4.29. The molecule has 0 fully saturated rings. The van der Waals surface area contributed by atoms with Gasteiger partial charge in [0.05, 0.1) is 0 Å². The highest BCUT2D eigenvalue weighted by Crippen LogP contribution is 2.22. The SMILES string of the molecule is CCc1cc2ccccc2c(Cl)n1. The predicted octanol–water partition coefficient (Wildman–Crippen LogP) is 3.45. The zero-order valence-corrected chi connectivity index (χ0v) is 8.17.